The summed E-state index contributed by atoms with van der Waals surface area (Å²) in [6, 6.07) is 14.9. The van der Waals surface area contributed by atoms with Crippen molar-refractivity contribution in [2.45, 2.75) is 18.3 Å². The van der Waals surface area contributed by atoms with Crippen LogP contribution in [0.15, 0.2) is 48.5 Å². The fourth-order valence-electron chi connectivity index (χ4n) is 3.14. The average Bonchev–Trinajstić information content (AvgIpc) is 2.61. The van der Waals surface area contributed by atoms with E-state index in [9.17, 15) is 4.79 Å². The van der Waals surface area contributed by atoms with Crippen LogP contribution in [-0.4, -0.2) is 25.7 Å². The number of ether oxygens (including phenoxy) is 1. The average molecular weight is 364 g/mol. The van der Waals surface area contributed by atoms with E-state index >= 15 is 0 Å². The molecule has 0 aromatic heterocycles. The molecule has 3 rings (SSSR count). The third-order valence-corrected chi connectivity index (χ3v) is 5.16. The molecule has 0 radical (unpaired) electrons. The van der Waals surface area contributed by atoms with Gasteiger partial charge in [-0.1, -0.05) is 47.5 Å². The highest BCUT2D eigenvalue weighted by atomic mass is 35.5. The highest BCUT2D eigenvalue weighted by Crippen LogP contribution is 2.35. The van der Waals surface area contributed by atoms with E-state index in [4.69, 9.17) is 27.9 Å². The van der Waals surface area contributed by atoms with Gasteiger partial charge in [0.25, 0.3) is 5.91 Å². The fraction of sp³-hybridized carbons (Fsp3) is 0.316. The van der Waals surface area contributed by atoms with Gasteiger partial charge in [0.2, 0.25) is 0 Å². The van der Waals surface area contributed by atoms with Crippen molar-refractivity contribution < 1.29 is 9.53 Å². The molecule has 2 aromatic rings. The van der Waals surface area contributed by atoms with Gasteiger partial charge in [0, 0.05) is 30.2 Å². The van der Waals surface area contributed by atoms with E-state index in [0.29, 0.717) is 35.4 Å². The summed E-state index contributed by atoms with van der Waals surface area (Å²) in [7, 11) is 0. The minimum absolute atomic E-state index is 0.159. The lowest BCUT2D eigenvalue weighted by atomic mass is 9.74. The predicted molar refractivity (Wildman–Crippen MR) is 97.0 cm³/mol. The lowest BCUT2D eigenvalue weighted by Crippen LogP contribution is -2.44. The van der Waals surface area contributed by atoms with Crippen molar-refractivity contribution in [1.82, 2.24) is 5.32 Å². The monoisotopic (exact) mass is 363 g/mol. The van der Waals surface area contributed by atoms with Crippen molar-refractivity contribution in [3.8, 4) is 0 Å². The maximum absolute atomic E-state index is 12.5. The molecule has 0 atom stereocenters. The molecule has 1 amide bonds. The van der Waals surface area contributed by atoms with E-state index in [2.05, 4.69) is 11.4 Å². The van der Waals surface area contributed by atoms with Crippen molar-refractivity contribution >= 4 is 29.1 Å². The number of nitrogens with one attached hydrogen (secondary N) is 1. The van der Waals surface area contributed by atoms with E-state index in [1.54, 1.807) is 12.1 Å². The molecular weight excluding hydrogens is 345 g/mol. The van der Waals surface area contributed by atoms with Crippen LogP contribution in [0.1, 0.15) is 28.8 Å². The Morgan fingerprint density at radius 3 is 2.54 bits per heavy atom. The van der Waals surface area contributed by atoms with Gasteiger partial charge >= 0.3 is 0 Å². The standard InChI is InChI=1S/C19H19Cl2NO2/c20-15-5-3-4-14(12-15)19(8-10-24-11-9-19)13-22-18(23)16-6-1-2-7-17(16)21/h1-7,12H,8-11,13H2,(H,22,23). The van der Waals surface area contributed by atoms with Crippen molar-refractivity contribution in [1.29, 1.82) is 0 Å². The summed E-state index contributed by atoms with van der Waals surface area (Å²) in [6.45, 7) is 1.88. The quantitative estimate of drug-likeness (QED) is 0.869. The van der Waals surface area contributed by atoms with Crippen LogP contribution in [0.4, 0.5) is 0 Å². The van der Waals surface area contributed by atoms with Gasteiger partial charge < -0.3 is 10.1 Å². The fourth-order valence-corrected chi connectivity index (χ4v) is 3.55. The molecule has 1 fully saturated rings. The van der Waals surface area contributed by atoms with Crippen LogP contribution in [0.5, 0.6) is 0 Å². The van der Waals surface area contributed by atoms with Crippen molar-refractivity contribution in [3.05, 3.63) is 69.7 Å². The van der Waals surface area contributed by atoms with Crippen molar-refractivity contribution in [2.24, 2.45) is 0 Å². The minimum Gasteiger partial charge on any atom is -0.381 e. The molecule has 1 saturated heterocycles. The molecular formula is C19H19Cl2NO2. The second-order valence-corrected chi connectivity index (χ2v) is 6.91. The molecule has 1 aliphatic heterocycles. The minimum atomic E-state index is -0.167. The normalized spacial score (nSPS) is 16.6. The highest BCUT2D eigenvalue weighted by molar-refractivity contribution is 6.33. The molecule has 3 nitrogen and oxygen atoms in total. The number of carbonyl (C=O) groups is 1. The number of rotatable bonds is 4. The second kappa shape index (κ2) is 7.56. The predicted octanol–water partition coefficient (Wildman–Crippen LogP) is 4.47. The second-order valence-electron chi connectivity index (χ2n) is 6.07. The van der Waals surface area contributed by atoms with Gasteiger partial charge in [0.1, 0.15) is 0 Å². The maximum Gasteiger partial charge on any atom is 0.252 e. The zero-order chi connectivity index (χ0) is 17.0. The van der Waals surface area contributed by atoms with Crippen LogP contribution < -0.4 is 5.32 Å². The Kier molecular flexibility index (Phi) is 5.44. The number of amides is 1. The summed E-state index contributed by atoms with van der Waals surface area (Å²) in [4.78, 5) is 12.5. The summed E-state index contributed by atoms with van der Waals surface area (Å²) in [5.74, 6) is -0.159. The molecule has 5 heteroatoms. The molecule has 0 bridgehead atoms. The van der Waals surface area contributed by atoms with E-state index in [1.807, 2.05) is 30.3 Å². The summed E-state index contributed by atoms with van der Waals surface area (Å²) < 4.78 is 5.52. The SMILES string of the molecule is O=C(NCC1(c2cccc(Cl)c2)CCOCC1)c1ccccc1Cl. The van der Waals surface area contributed by atoms with Crippen LogP contribution in [0.25, 0.3) is 0 Å². The molecule has 0 aliphatic carbocycles. The van der Waals surface area contributed by atoms with Gasteiger partial charge in [0.05, 0.1) is 10.6 Å². The van der Waals surface area contributed by atoms with Crippen molar-refractivity contribution in [3.63, 3.8) is 0 Å². The third kappa shape index (κ3) is 3.75. The molecule has 0 saturated carbocycles. The summed E-state index contributed by atoms with van der Waals surface area (Å²) >= 11 is 12.3. The Hall–Kier alpha value is -1.55. The van der Waals surface area contributed by atoms with E-state index < -0.39 is 0 Å². The van der Waals surface area contributed by atoms with Crippen LogP contribution in [0.2, 0.25) is 10.0 Å². The Morgan fingerprint density at radius 1 is 1.08 bits per heavy atom. The molecule has 1 heterocycles. The molecule has 0 unspecified atom stereocenters. The lowest BCUT2D eigenvalue weighted by molar-refractivity contribution is 0.0487. The van der Waals surface area contributed by atoms with Crippen LogP contribution in [0, 0.1) is 0 Å². The number of benzene rings is 2. The largest absolute Gasteiger partial charge is 0.381 e. The van der Waals surface area contributed by atoms with Gasteiger partial charge in [-0.25, -0.2) is 0 Å². The number of carbonyl (C=O) groups excluding carboxylic acids is 1. The smallest absolute Gasteiger partial charge is 0.252 e. The Balaban J connectivity index is 1.80. The molecule has 24 heavy (non-hydrogen) atoms. The molecule has 0 spiro atoms. The van der Waals surface area contributed by atoms with Crippen LogP contribution in [-0.2, 0) is 10.2 Å². The van der Waals surface area contributed by atoms with Crippen molar-refractivity contribution in [2.75, 3.05) is 19.8 Å². The van der Waals surface area contributed by atoms with Gasteiger partial charge in [-0.3, -0.25) is 4.79 Å². The first-order valence-corrected chi connectivity index (χ1v) is 8.73. The number of hydrogen-bond donors (Lipinski definition) is 1. The Morgan fingerprint density at radius 2 is 1.83 bits per heavy atom. The molecule has 1 aliphatic rings. The van der Waals surface area contributed by atoms with Crippen LogP contribution in [0.3, 0.4) is 0 Å². The third-order valence-electron chi connectivity index (χ3n) is 4.59. The van der Waals surface area contributed by atoms with Gasteiger partial charge in [-0.2, -0.15) is 0 Å². The van der Waals surface area contributed by atoms with Gasteiger partial charge in [-0.05, 0) is 42.7 Å². The zero-order valence-corrected chi connectivity index (χ0v) is 14.7. The summed E-state index contributed by atoms with van der Waals surface area (Å²) in [5, 5.41) is 4.21. The molecule has 2 aromatic carbocycles. The Labute approximate surface area is 151 Å². The topological polar surface area (TPSA) is 38.3 Å². The van der Waals surface area contributed by atoms with Crippen LogP contribution >= 0.6 is 23.2 Å². The van der Waals surface area contributed by atoms with E-state index in [-0.39, 0.29) is 11.3 Å². The summed E-state index contributed by atoms with van der Waals surface area (Å²) in [6.07, 6.45) is 1.69. The van der Waals surface area contributed by atoms with E-state index in [1.165, 1.54) is 0 Å². The first kappa shape index (κ1) is 17.3. The van der Waals surface area contributed by atoms with E-state index in [0.717, 1.165) is 18.4 Å². The number of halogens is 2. The lowest BCUT2D eigenvalue weighted by Gasteiger charge is -2.38. The van der Waals surface area contributed by atoms with Gasteiger partial charge in [0.15, 0.2) is 0 Å². The van der Waals surface area contributed by atoms with Gasteiger partial charge in [-0.15, -0.1) is 0 Å². The highest BCUT2D eigenvalue weighted by Gasteiger charge is 2.35. The number of hydrogen-bond acceptors (Lipinski definition) is 2. The molecule has 126 valence electrons. The zero-order valence-electron chi connectivity index (χ0n) is 13.2. The maximum atomic E-state index is 12.5. The first-order valence-electron chi connectivity index (χ1n) is 7.97. The molecule has 1 N–H and O–H groups in total. The first-order chi connectivity index (χ1) is 11.6. The summed E-state index contributed by atoms with van der Waals surface area (Å²) in [5.41, 5.74) is 1.46. The Bertz CT molecular complexity index is 727.